The van der Waals surface area contributed by atoms with Gasteiger partial charge in [0, 0.05) is 85.1 Å². The lowest BCUT2D eigenvalue weighted by atomic mass is 9.64. The number of fused-ring (bicyclic) bond motifs is 10. The van der Waals surface area contributed by atoms with Crippen molar-refractivity contribution in [1.82, 2.24) is 14.0 Å². The lowest BCUT2D eigenvalue weighted by molar-refractivity contribution is 0.147. The average molecular weight is 905 g/mol. The summed E-state index contributed by atoms with van der Waals surface area (Å²) in [5, 5.41) is 5.16. The number of allylic oxidation sites excluding steroid dienone is 10. The molecule has 340 valence electrons. The van der Waals surface area contributed by atoms with Crippen LogP contribution >= 0.6 is 0 Å². The third kappa shape index (κ3) is 6.21. The Kier molecular flexibility index (Phi) is 9.33. The predicted octanol–water partition coefficient (Wildman–Crippen LogP) is 15.8. The van der Waals surface area contributed by atoms with Crippen molar-refractivity contribution in [3.8, 4) is 0 Å². The molecule has 70 heavy (non-hydrogen) atoms. The van der Waals surface area contributed by atoms with Crippen LogP contribution in [0.25, 0.3) is 54.9 Å². The van der Waals surface area contributed by atoms with Crippen LogP contribution in [0.1, 0.15) is 44.4 Å². The molecule has 4 aliphatic carbocycles. The molecule has 7 unspecified atom stereocenters. The van der Waals surface area contributed by atoms with Gasteiger partial charge >= 0.3 is 0 Å². The monoisotopic (exact) mass is 904 g/mol. The number of nitrogens with zero attached hydrogens (tertiary/aromatic N) is 4. The predicted molar refractivity (Wildman–Crippen MR) is 294 cm³/mol. The summed E-state index contributed by atoms with van der Waals surface area (Å²) in [6, 6.07) is 54.9. The fraction of sp³-hybridized carbons (Fsp3) is 0.182. The third-order valence-corrected chi connectivity index (χ3v) is 16.3. The van der Waals surface area contributed by atoms with Crippen LogP contribution in [0.4, 0.5) is 11.4 Å². The van der Waals surface area contributed by atoms with Gasteiger partial charge in [-0.15, -0.1) is 0 Å². The minimum Gasteiger partial charge on any atom is -0.360 e. The summed E-state index contributed by atoms with van der Waals surface area (Å²) >= 11 is 0. The summed E-state index contributed by atoms with van der Waals surface area (Å²) < 4.78 is 5.17. The van der Waals surface area contributed by atoms with Crippen molar-refractivity contribution in [3.05, 3.63) is 253 Å². The van der Waals surface area contributed by atoms with Crippen LogP contribution in [0.5, 0.6) is 0 Å². The molecule has 0 radical (unpaired) electrons. The average Bonchev–Trinajstić information content (AvgIpc) is 3.93. The minimum atomic E-state index is 0.0520. The van der Waals surface area contributed by atoms with Gasteiger partial charge in [-0.25, -0.2) is 0 Å². The van der Waals surface area contributed by atoms with E-state index in [0.29, 0.717) is 0 Å². The summed E-state index contributed by atoms with van der Waals surface area (Å²) in [6.45, 7) is 6.90. The van der Waals surface area contributed by atoms with Gasteiger partial charge in [0.15, 0.2) is 0 Å². The second-order valence-electron chi connectivity index (χ2n) is 21.1. The zero-order valence-electron chi connectivity index (χ0n) is 40.0. The number of hydrogen-bond acceptors (Lipinski definition) is 2. The van der Waals surface area contributed by atoms with E-state index in [2.05, 4.69) is 270 Å². The van der Waals surface area contributed by atoms with Crippen LogP contribution in [0.2, 0.25) is 0 Å². The van der Waals surface area contributed by atoms with Gasteiger partial charge in [0.1, 0.15) is 0 Å². The Morgan fingerprint density at radius 1 is 0.471 bits per heavy atom. The number of benzene rings is 6. The molecule has 4 nitrogen and oxygen atoms in total. The quantitative estimate of drug-likeness (QED) is 0.175. The molecule has 1 saturated heterocycles. The molecule has 6 aliphatic rings. The Bertz CT molecular complexity index is 3590. The molecule has 1 fully saturated rings. The molecule has 7 atom stereocenters. The van der Waals surface area contributed by atoms with Gasteiger partial charge in [0.05, 0.1) is 35.2 Å². The maximum absolute atomic E-state index is 2.84. The van der Waals surface area contributed by atoms with Crippen LogP contribution in [0.15, 0.2) is 242 Å². The molecule has 8 aromatic rings. The van der Waals surface area contributed by atoms with Gasteiger partial charge < -0.3 is 18.9 Å². The molecular formula is C66H56N4. The van der Waals surface area contributed by atoms with E-state index < -0.39 is 0 Å². The van der Waals surface area contributed by atoms with Crippen LogP contribution < -0.4 is 4.90 Å². The Balaban J connectivity index is 0.966. The van der Waals surface area contributed by atoms with Crippen molar-refractivity contribution in [2.24, 2.45) is 17.8 Å². The van der Waals surface area contributed by atoms with Crippen molar-refractivity contribution in [3.63, 3.8) is 0 Å². The standard InChI is InChI=1S/C66H56N4/c1-66(2,3)43-36-38-44(39-37-43)67-60-32-16-8-24-52(60)64(53-25-9-17-33-61(53)67)65-54-26-10-18-34-62(54)70(63-35-19-11-27-55(63)65)47-41-45(68-56-28-12-4-20-48(56)49-21-5-13-29-57(49)68)40-46(42-47)69-58-30-14-6-22-50(58)51-23-7-15-31-59(51)69/h4-41,46,52,54-55,60,62-63H,42H2,1-3H3. The number of likely N-dealkylation sites (tertiary alicyclic amines) is 1. The first kappa shape index (κ1) is 41.2. The summed E-state index contributed by atoms with van der Waals surface area (Å²) in [5.41, 5.74) is 15.9. The molecule has 0 amide bonds. The molecule has 0 saturated carbocycles. The van der Waals surface area contributed by atoms with Gasteiger partial charge in [0.2, 0.25) is 0 Å². The highest BCUT2D eigenvalue weighted by molar-refractivity contribution is 6.11. The number of rotatable bonds is 4. The molecule has 2 aliphatic heterocycles. The molecule has 0 bridgehead atoms. The second-order valence-corrected chi connectivity index (χ2v) is 21.1. The van der Waals surface area contributed by atoms with Crippen molar-refractivity contribution in [2.75, 3.05) is 4.90 Å². The zero-order valence-corrected chi connectivity index (χ0v) is 40.0. The Hall–Kier alpha value is -7.82. The zero-order chi connectivity index (χ0) is 46.7. The van der Waals surface area contributed by atoms with Crippen molar-refractivity contribution in [2.45, 2.75) is 56.8 Å². The van der Waals surface area contributed by atoms with Gasteiger partial charge in [-0.05, 0) is 76.7 Å². The van der Waals surface area contributed by atoms with Gasteiger partial charge in [-0.3, -0.25) is 0 Å². The fourth-order valence-electron chi connectivity index (χ4n) is 13.3. The van der Waals surface area contributed by atoms with E-state index in [1.54, 1.807) is 5.57 Å². The summed E-state index contributed by atoms with van der Waals surface area (Å²) in [4.78, 5) is 5.45. The van der Waals surface area contributed by atoms with E-state index in [1.165, 1.54) is 83.1 Å². The Morgan fingerprint density at radius 3 is 1.54 bits per heavy atom. The minimum absolute atomic E-state index is 0.0520. The van der Waals surface area contributed by atoms with Crippen molar-refractivity contribution in [1.29, 1.82) is 0 Å². The van der Waals surface area contributed by atoms with Crippen LogP contribution in [0.3, 0.4) is 0 Å². The third-order valence-electron chi connectivity index (χ3n) is 16.3. The molecule has 0 spiro atoms. The maximum atomic E-state index is 2.84. The first-order valence-corrected chi connectivity index (χ1v) is 25.4. The van der Waals surface area contributed by atoms with Gasteiger partial charge in [-0.2, -0.15) is 0 Å². The normalized spacial score (nSPS) is 24.6. The molecule has 4 heterocycles. The number of anilines is 2. The number of hydrogen-bond donors (Lipinski definition) is 0. The molecule has 6 aromatic carbocycles. The van der Waals surface area contributed by atoms with Crippen LogP contribution in [0, 0.1) is 17.8 Å². The van der Waals surface area contributed by atoms with Crippen LogP contribution in [-0.2, 0) is 5.41 Å². The molecule has 2 aromatic heterocycles. The maximum Gasteiger partial charge on any atom is 0.0629 e. The van der Waals surface area contributed by atoms with Gasteiger partial charge in [-0.1, -0.05) is 197 Å². The first-order chi connectivity index (χ1) is 34.4. The number of aromatic nitrogens is 2. The topological polar surface area (TPSA) is 16.3 Å². The summed E-state index contributed by atoms with van der Waals surface area (Å²) in [6.07, 6.45) is 34.8. The molecule has 14 rings (SSSR count). The van der Waals surface area contributed by atoms with E-state index in [4.69, 9.17) is 0 Å². The van der Waals surface area contributed by atoms with E-state index >= 15 is 0 Å². The van der Waals surface area contributed by atoms with Crippen LogP contribution in [-0.4, -0.2) is 32.2 Å². The Morgan fingerprint density at radius 2 is 0.957 bits per heavy atom. The largest absolute Gasteiger partial charge is 0.360 e. The molecular weight excluding hydrogens is 849 g/mol. The molecule has 0 N–H and O–H groups in total. The highest BCUT2D eigenvalue weighted by Gasteiger charge is 2.49. The fourth-order valence-corrected chi connectivity index (χ4v) is 13.3. The smallest absolute Gasteiger partial charge is 0.0629 e. The second kappa shape index (κ2) is 15.9. The highest BCUT2D eigenvalue weighted by atomic mass is 15.2. The van der Waals surface area contributed by atoms with Crippen molar-refractivity contribution < 1.29 is 0 Å². The van der Waals surface area contributed by atoms with E-state index in [0.717, 1.165) is 6.42 Å². The lowest BCUT2D eigenvalue weighted by Gasteiger charge is -2.55. The highest BCUT2D eigenvalue weighted by Crippen LogP contribution is 2.55. The van der Waals surface area contributed by atoms with Crippen molar-refractivity contribution >= 4 is 66.3 Å². The first-order valence-electron chi connectivity index (χ1n) is 25.4. The SMILES string of the molecule is CC(C)(C)c1ccc(N2c3ccccc3C(=C3C4C=CC=CC4N(C4=CC(n5c6ccccc6c6ccccc65)=CC(n5c6ccccc6c6ccccc65)C4)C4C=CC=CC34)C3C=CC=CC32)cc1. The Labute approximate surface area is 410 Å². The summed E-state index contributed by atoms with van der Waals surface area (Å²) in [5.74, 6) is 0.471. The van der Waals surface area contributed by atoms with E-state index in [1.807, 2.05) is 0 Å². The van der Waals surface area contributed by atoms with E-state index in [9.17, 15) is 0 Å². The lowest BCUT2D eigenvalue weighted by Crippen LogP contribution is -2.55. The summed E-state index contributed by atoms with van der Waals surface area (Å²) in [7, 11) is 0. The molecule has 4 heteroatoms. The van der Waals surface area contributed by atoms with E-state index in [-0.39, 0.29) is 47.3 Å². The number of piperidine rings is 1. The number of para-hydroxylation sites is 5. The van der Waals surface area contributed by atoms with Gasteiger partial charge in [0.25, 0.3) is 0 Å².